The zero-order valence-electron chi connectivity index (χ0n) is 19.8. The van der Waals surface area contributed by atoms with Crippen LogP contribution in [0.25, 0.3) is 11.4 Å². The Labute approximate surface area is 203 Å². The Morgan fingerprint density at radius 1 is 1.14 bits per heavy atom. The highest BCUT2D eigenvalue weighted by molar-refractivity contribution is 5.99. The minimum atomic E-state index is -4.56. The van der Waals surface area contributed by atoms with Crippen molar-refractivity contribution in [1.82, 2.24) is 34.6 Å². The summed E-state index contributed by atoms with van der Waals surface area (Å²) in [5.74, 6) is -4.01. The maximum absolute atomic E-state index is 14.6. The van der Waals surface area contributed by atoms with E-state index in [-0.39, 0.29) is 30.2 Å². The number of alkyl halides is 5. The number of nitrogens with zero attached hydrogens (tertiary/aromatic N) is 7. The van der Waals surface area contributed by atoms with Gasteiger partial charge in [0.25, 0.3) is 11.8 Å². The fourth-order valence-corrected chi connectivity index (χ4v) is 4.51. The number of aryl methyl sites for hydroxylation is 2. The van der Waals surface area contributed by atoms with Crippen LogP contribution in [0.5, 0.6) is 0 Å². The number of amides is 1. The van der Waals surface area contributed by atoms with Crippen molar-refractivity contribution in [3.8, 4) is 11.4 Å². The van der Waals surface area contributed by atoms with Crippen LogP contribution in [0, 0.1) is 12.8 Å². The molecule has 1 fully saturated rings. The molecule has 0 unspecified atom stereocenters. The van der Waals surface area contributed by atoms with Gasteiger partial charge in [0.1, 0.15) is 5.82 Å². The topological polar surface area (TPSA) is 89.7 Å². The predicted octanol–water partition coefficient (Wildman–Crippen LogP) is 4.11. The van der Waals surface area contributed by atoms with Crippen LogP contribution >= 0.6 is 0 Å². The first kappa shape index (κ1) is 25.6. The van der Waals surface area contributed by atoms with Gasteiger partial charge < -0.3 is 4.90 Å². The third-order valence-electron chi connectivity index (χ3n) is 6.36. The molecular weight excluding hydrogens is 485 g/mol. The zero-order valence-corrected chi connectivity index (χ0v) is 19.8. The molecule has 13 heteroatoms. The van der Waals surface area contributed by atoms with Gasteiger partial charge in [-0.1, -0.05) is 6.92 Å². The van der Waals surface area contributed by atoms with Gasteiger partial charge in [0.05, 0.1) is 17.7 Å². The summed E-state index contributed by atoms with van der Waals surface area (Å²) in [4.78, 5) is 30.7. The van der Waals surface area contributed by atoms with Crippen LogP contribution in [-0.2, 0) is 19.6 Å². The lowest BCUT2D eigenvalue weighted by molar-refractivity contribution is -0.138. The number of hydrogen-bond donors (Lipinski definition) is 0. The maximum Gasteiger partial charge on any atom is 0.419 e. The SMILES string of the molecule is Cc1c(-c2ncccn2)c(C(=O)N2CC(F)(F)C[C@@H](C)[C@H]2CCc2ncc(C(F)(F)F)cn2)nn1C. The molecule has 0 spiro atoms. The number of carbonyl (C=O) groups excluding carboxylic acids is 1. The number of aromatic nitrogens is 6. The Morgan fingerprint density at radius 2 is 1.78 bits per heavy atom. The molecule has 3 aromatic rings. The van der Waals surface area contributed by atoms with Crippen LogP contribution in [0.3, 0.4) is 0 Å². The third kappa shape index (κ3) is 5.19. The number of carbonyl (C=O) groups is 1. The highest BCUT2D eigenvalue weighted by Crippen LogP contribution is 2.38. The molecule has 0 N–H and O–H groups in total. The molecule has 4 heterocycles. The summed E-state index contributed by atoms with van der Waals surface area (Å²) >= 11 is 0. The van der Waals surface area contributed by atoms with Gasteiger partial charge in [-0.25, -0.2) is 28.7 Å². The van der Waals surface area contributed by atoms with E-state index in [1.54, 1.807) is 27.0 Å². The second kappa shape index (κ2) is 9.51. The van der Waals surface area contributed by atoms with Gasteiger partial charge in [-0.15, -0.1) is 0 Å². The smallest absolute Gasteiger partial charge is 0.328 e. The van der Waals surface area contributed by atoms with Crippen LogP contribution in [0.4, 0.5) is 22.0 Å². The molecule has 0 radical (unpaired) electrons. The minimum Gasteiger partial charge on any atom is -0.328 e. The highest BCUT2D eigenvalue weighted by atomic mass is 19.4. The zero-order chi connectivity index (χ0) is 26.3. The predicted molar refractivity (Wildman–Crippen MR) is 118 cm³/mol. The van der Waals surface area contributed by atoms with Crippen LogP contribution < -0.4 is 0 Å². The van der Waals surface area contributed by atoms with Crippen molar-refractivity contribution >= 4 is 5.91 Å². The second-order valence-electron chi connectivity index (χ2n) is 8.97. The number of likely N-dealkylation sites (tertiary alicyclic amines) is 1. The monoisotopic (exact) mass is 509 g/mol. The number of hydrogen-bond acceptors (Lipinski definition) is 6. The molecule has 0 saturated carbocycles. The summed E-state index contributed by atoms with van der Waals surface area (Å²) in [7, 11) is 1.63. The summed E-state index contributed by atoms with van der Waals surface area (Å²) in [5, 5.41) is 4.29. The quantitative estimate of drug-likeness (QED) is 0.481. The molecule has 0 aliphatic carbocycles. The first-order chi connectivity index (χ1) is 16.9. The standard InChI is InChI=1S/C23H24F5N7O/c1-13-9-22(24,25)12-35(16(13)5-6-17-31-10-15(11-32-17)23(26,27)28)21(36)19-18(14(2)34(3)33-19)20-29-7-4-8-30-20/h4,7-8,10-11,13,16H,5-6,9,12H2,1-3H3/t13-,16-/m1/s1. The molecule has 1 saturated heterocycles. The first-order valence-electron chi connectivity index (χ1n) is 11.3. The second-order valence-corrected chi connectivity index (χ2v) is 8.97. The number of halogens is 5. The highest BCUT2D eigenvalue weighted by Gasteiger charge is 2.47. The first-order valence-corrected chi connectivity index (χ1v) is 11.3. The van der Waals surface area contributed by atoms with Crippen molar-refractivity contribution in [2.75, 3.05) is 6.54 Å². The Hall–Kier alpha value is -3.51. The fourth-order valence-electron chi connectivity index (χ4n) is 4.51. The Kier molecular flexibility index (Phi) is 6.76. The molecule has 2 atom stereocenters. The van der Waals surface area contributed by atoms with Gasteiger partial charge in [0.15, 0.2) is 11.5 Å². The molecule has 0 bridgehead atoms. The summed E-state index contributed by atoms with van der Waals surface area (Å²) < 4.78 is 69.1. The van der Waals surface area contributed by atoms with E-state index >= 15 is 0 Å². The lowest BCUT2D eigenvalue weighted by Gasteiger charge is -2.43. The molecule has 36 heavy (non-hydrogen) atoms. The van der Waals surface area contributed by atoms with Gasteiger partial charge in [-0.3, -0.25) is 9.48 Å². The van der Waals surface area contributed by atoms with Crippen molar-refractivity contribution in [3.05, 3.63) is 53.6 Å². The van der Waals surface area contributed by atoms with Crippen molar-refractivity contribution in [2.45, 2.75) is 51.3 Å². The summed E-state index contributed by atoms with van der Waals surface area (Å²) in [6.45, 7) is 2.54. The molecule has 8 nitrogen and oxygen atoms in total. The fraction of sp³-hybridized carbons (Fsp3) is 0.478. The van der Waals surface area contributed by atoms with Gasteiger partial charge in [0, 0.05) is 56.4 Å². The largest absolute Gasteiger partial charge is 0.419 e. The lowest BCUT2D eigenvalue weighted by atomic mass is 9.85. The van der Waals surface area contributed by atoms with Crippen molar-refractivity contribution < 1.29 is 26.7 Å². The van der Waals surface area contributed by atoms with E-state index in [1.807, 2.05) is 0 Å². The number of piperidine rings is 1. The molecule has 1 aliphatic rings. The molecule has 0 aromatic carbocycles. The van der Waals surface area contributed by atoms with Gasteiger partial charge in [0.2, 0.25) is 0 Å². The van der Waals surface area contributed by atoms with E-state index in [9.17, 15) is 26.7 Å². The van der Waals surface area contributed by atoms with Crippen molar-refractivity contribution in [1.29, 1.82) is 0 Å². The Bertz CT molecular complexity index is 1230. The van der Waals surface area contributed by atoms with Crippen LogP contribution in [0.2, 0.25) is 0 Å². The Morgan fingerprint density at radius 3 is 2.39 bits per heavy atom. The van der Waals surface area contributed by atoms with Gasteiger partial charge in [-0.2, -0.15) is 18.3 Å². The van der Waals surface area contributed by atoms with E-state index in [1.165, 1.54) is 17.1 Å². The van der Waals surface area contributed by atoms with E-state index in [2.05, 4.69) is 25.0 Å². The molecule has 4 rings (SSSR count). The van der Waals surface area contributed by atoms with Gasteiger partial charge in [-0.05, 0) is 25.3 Å². The van der Waals surface area contributed by atoms with E-state index in [0.717, 1.165) is 4.90 Å². The lowest BCUT2D eigenvalue weighted by Crippen LogP contribution is -2.55. The number of rotatable bonds is 5. The normalized spacial score (nSPS) is 19.9. The van der Waals surface area contributed by atoms with Crippen LogP contribution in [-0.4, -0.2) is 59.0 Å². The average Bonchev–Trinajstić information content (AvgIpc) is 3.11. The molecule has 3 aromatic heterocycles. The molecule has 1 aliphatic heterocycles. The van der Waals surface area contributed by atoms with Crippen molar-refractivity contribution in [3.63, 3.8) is 0 Å². The van der Waals surface area contributed by atoms with E-state index < -0.39 is 48.5 Å². The van der Waals surface area contributed by atoms with Crippen LogP contribution in [0.15, 0.2) is 30.9 Å². The van der Waals surface area contributed by atoms with E-state index in [0.29, 0.717) is 23.7 Å². The molecule has 1 amide bonds. The maximum atomic E-state index is 14.6. The summed E-state index contributed by atoms with van der Waals surface area (Å²) in [5.41, 5.74) is -0.0673. The van der Waals surface area contributed by atoms with Crippen molar-refractivity contribution in [2.24, 2.45) is 13.0 Å². The third-order valence-corrected chi connectivity index (χ3v) is 6.36. The van der Waals surface area contributed by atoms with Crippen LogP contribution in [0.1, 0.15) is 47.3 Å². The van der Waals surface area contributed by atoms with E-state index in [4.69, 9.17) is 0 Å². The molecular formula is C23H24F5N7O. The minimum absolute atomic E-state index is 0.0399. The van der Waals surface area contributed by atoms with Gasteiger partial charge >= 0.3 is 6.18 Å². The average molecular weight is 509 g/mol. The molecule has 192 valence electrons. The summed E-state index contributed by atoms with van der Waals surface area (Å²) in [6.07, 6.45) is -0.299. The Balaban J connectivity index is 1.63. The summed E-state index contributed by atoms with van der Waals surface area (Å²) in [6, 6.07) is 0.984.